The van der Waals surface area contributed by atoms with E-state index >= 15 is 0 Å². The standard InChI is InChI=1S/C26H44O8SSi2/c1-16(2)36(17(3)4)31-14-24-25(33-37(34-36,18(5)6)19(7)8)23(15-35(24)28)32-26(27)21-12-11-20(29-9)13-22(21)30-10/h11-13,16-19,23-25H,14-15H2,1-10H3/t23-,24+,25-,35?/m0/s1. The van der Waals surface area contributed by atoms with Crippen LogP contribution in [0.25, 0.3) is 0 Å². The normalized spacial score (nSPS) is 27.2. The average Bonchev–Trinajstić information content (AvgIpc) is 3.10. The van der Waals surface area contributed by atoms with Gasteiger partial charge in [-0.05, 0) is 34.3 Å². The van der Waals surface area contributed by atoms with Gasteiger partial charge >= 0.3 is 23.1 Å². The van der Waals surface area contributed by atoms with Crippen molar-refractivity contribution in [2.75, 3.05) is 26.6 Å². The molecule has 37 heavy (non-hydrogen) atoms. The maximum atomic E-state index is 13.4. The molecule has 0 radical (unpaired) electrons. The van der Waals surface area contributed by atoms with Gasteiger partial charge in [0.15, 0.2) is 0 Å². The van der Waals surface area contributed by atoms with E-state index in [4.69, 9.17) is 27.2 Å². The van der Waals surface area contributed by atoms with E-state index in [9.17, 15) is 9.00 Å². The molecule has 8 nitrogen and oxygen atoms in total. The highest BCUT2D eigenvalue weighted by Crippen LogP contribution is 2.47. The number of methoxy groups -OCH3 is 2. The number of carbonyl (C=O) groups excluding carboxylic acids is 1. The molecule has 210 valence electrons. The molecule has 2 heterocycles. The Morgan fingerprint density at radius 2 is 1.54 bits per heavy atom. The molecule has 11 heteroatoms. The SMILES string of the molecule is COc1ccc(C(=O)O[C@H]2CS(=O)[C@@H]3CO[Si](C(C)C)(C(C)C)O[Si](C(C)C)(C(C)C)O[C@@H]23)c(OC)c1. The van der Waals surface area contributed by atoms with Gasteiger partial charge in [-0.2, -0.15) is 0 Å². The first kappa shape index (κ1) is 30.3. The number of ether oxygens (including phenoxy) is 3. The molecule has 0 aromatic heterocycles. The Labute approximate surface area is 226 Å². The molecule has 1 aromatic carbocycles. The van der Waals surface area contributed by atoms with Crippen LogP contribution in [0.3, 0.4) is 0 Å². The summed E-state index contributed by atoms with van der Waals surface area (Å²) in [5.41, 5.74) is 0.904. The summed E-state index contributed by atoms with van der Waals surface area (Å²) in [5, 5.41) is -0.395. The zero-order valence-electron chi connectivity index (χ0n) is 23.9. The van der Waals surface area contributed by atoms with E-state index in [0.717, 1.165) is 0 Å². The van der Waals surface area contributed by atoms with Crippen LogP contribution in [-0.4, -0.2) is 71.3 Å². The van der Waals surface area contributed by atoms with Crippen LogP contribution in [0.2, 0.25) is 22.2 Å². The van der Waals surface area contributed by atoms with E-state index in [-0.39, 0.29) is 40.1 Å². The number of carbonyl (C=O) groups is 1. The summed E-state index contributed by atoms with van der Waals surface area (Å²) in [6, 6.07) is 4.93. The van der Waals surface area contributed by atoms with Gasteiger partial charge in [-0.1, -0.05) is 55.4 Å². The molecule has 2 aliphatic heterocycles. The molecule has 0 aliphatic carbocycles. The zero-order chi connectivity index (χ0) is 27.7. The molecule has 2 aliphatic rings. The number of hydrogen-bond acceptors (Lipinski definition) is 8. The minimum absolute atomic E-state index is 0.117. The van der Waals surface area contributed by atoms with E-state index < -0.39 is 51.3 Å². The second kappa shape index (κ2) is 11.9. The maximum Gasteiger partial charge on any atom is 0.342 e. The minimum atomic E-state index is -2.93. The largest absolute Gasteiger partial charge is 0.497 e. The second-order valence-electron chi connectivity index (χ2n) is 11.2. The van der Waals surface area contributed by atoms with Gasteiger partial charge in [-0.15, -0.1) is 0 Å². The van der Waals surface area contributed by atoms with Gasteiger partial charge in [-0.3, -0.25) is 4.21 Å². The molecule has 0 N–H and O–H groups in total. The molecule has 4 atom stereocenters. The number of hydrogen-bond donors (Lipinski definition) is 0. The predicted molar refractivity (Wildman–Crippen MR) is 149 cm³/mol. The molecule has 1 aromatic rings. The summed E-state index contributed by atoms with van der Waals surface area (Å²) in [6.07, 6.45) is -1.26. The maximum absolute atomic E-state index is 13.4. The number of esters is 1. The van der Waals surface area contributed by atoms with Crippen LogP contribution in [0, 0.1) is 0 Å². The third kappa shape index (κ3) is 5.72. The molecule has 0 amide bonds. The van der Waals surface area contributed by atoms with Crippen LogP contribution in [0.1, 0.15) is 65.7 Å². The van der Waals surface area contributed by atoms with Crippen LogP contribution in [0.5, 0.6) is 11.5 Å². The van der Waals surface area contributed by atoms with Crippen LogP contribution in [0.15, 0.2) is 18.2 Å². The summed E-state index contributed by atoms with van der Waals surface area (Å²) in [6.45, 7) is 17.4. The summed E-state index contributed by atoms with van der Waals surface area (Å²) < 4.78 is 51.1. The molecule has 0 saturated carbocycles. The van der Waals surface area contributed by atoms with E-state index in [1.165, 1.54) is 7.11 Å². The lowest BCUT2D eigenvalue weighted by atomic mass is 10.1. The van der Waals surface area contributed by atoms with E-state index in [0.29, 0.717) is 11.5 Å². The molecule has 2 fully saturated rings. The van der Waals surface area contributed by atoms with Crippen LogP contribution in [0.4, 0.5) is 0 Å². The fourth-order valence-corrected chi connectivity index (χ4v) is 18.6. The van der Waals surface area contributed by atoms with E-state index in [2.05, 4.69) is 55.4 Å². The highest BCUT2D eigenvalue weighted by Gasteiger charge is 2.61. The van der Waals surface area contributed by atoms with Crippen LogP contribution in [-0.2, 0) is 28.5 Å². The van der Waals surface area contributed by atoms with Crippen molar-refractivity contribution < 1.29 is 36.2 Å². The topological polar surface area (TPSA) is 89.5 Å². The number of rotatable bonds is 8. The number of fused-ring (bicyclic) bond motifs is 1. The highest BCUT2D eigenvalue weighted by molar-refractivity contribution is 7.86. The van der Waals surface area contributed by atoms with Crippen molar-refractivity contribution in [3.8, 4) is 11.5 Å². The summed E-state index contributed by atoms with van der Waals surface area (Å²) in [4.78, 5) is 13.3. The molecular formula is C26H44O8SSi2. The molecule has 0 spiro atoms. The van der Waals surface area contributed by atoms with Gasteiger partial charge in [0.05, 0.1) is 31.8 Å². The summed E-state index contributed by atoms with van der Waals surface area (Å²) in [7, 11) is -3.91. The Hall–Kier alpha value is -1.25. The van der Waals surface area contributed by atoms with Crippen molar-refractivity contribution in [2.24, 2.45) is 0 Å². The van der Waals surface area contributed by atoms with Crippen molar-refractivity contribution in [2.45, 2.75) is 95.0 Å². The lowest BCUT2D eigenvalue weighted by Crippen LogP contribution is -2.66. The van der Waals surface area contributed by atoms with Gasteiger partial charge in [0.2, 0.25) is 0 Å². The third-order valence-electron chi connectivity index (χ3n) is 7.62. The quantitative estimate of drug-likeness (QED) is 0.306. The lowest BCUT2D eigenvalue weighted by molar-refractivity contribution is -0.0191. The van der Waals surface area contributed by atoms with E-state index in [1.807, 2.05) is 0 Å². The number of benzene rings is 1. The molecule has 0 bridgehead atoms. The first-order valence-electron chi connectivity index (χ1n) is 13.1. The van der Waals surface area contributed by atoms with Crippen LogP contribution >= 0.6 is 0 Å². The first-order chi connectivity index (χ1) is 17.3. The molecule has 1 unspecified atom stereocenters. The van der Waals surface area contributed by atoms with Crippen molar-refractivity contribution >= 4 is 33.9 Å². The van der Waals surface area contributed by atoms with Crippen molar-refractivity contribution in [1.29, 1.82) is 0 Å². The Kier molecular flexibility index (Phi) is 9.72. The van der Waals surface area contributed by atoms with Gasteiger partial charge in [0.1, 0.15) is 29.3 Å². The van der Waals surface area contributed by atoms with Gasteiger partial charge in [0, 0.05) is 16.9 Å². The molecule has 3 rings (SSSR count). The van der Waals surface area contributed by atoms with Gasteiger partial charge in [-0.25, -0.2) is 4.79 Å². The Morgan fingerprint density at radius 1 is 0.946 bits per heavy atom. The fraction of sp³-hybridized carbons (Fsp3) is 0.731. The monoisotopic (exact) mass is 572 g/mol. The predicted octanol–water partition coefficient (Wildman–Crippen LogP) is 5.32. The molecular weight excluding hydrogens is 529 g/mol. The van der Waals surface area contributed by atoms with Gasteiger partial charge in [0.25, 0.3) is 0 Å². The summed E-state index contributed by atoms with van der Waals surface area (Å²) >= 11 is 0. The van der Waals surface area contributed by atoms with Crippen molar-refractivity contribution in [1.82, 2.24) is 0 Å². The highest BCUT2D eigenvalue weighted by atomic mass is 32.2. The third-order valence-corrected chi connectivity index (χ3v) is 19.6. The minimum Gasteiger partial charge on any atom is -0.497 e. The zero-order valence-corrected chi connectivity index (χ0v) is 26.7. The van der Waals surface area contributed by atoms with E-state index in [1.54, 1.807) is 25.3 Å². The smallest absolute Gasteiger partial charge is 0.342 e. The van der Waals surface area contributed by atoms with Crippen molar-refractivity contribution in [3.63, 3.8) is 0 Å². The Balaban J connectivity index is 2.00. The average molecular weight is 573 g/mol. The summed E-state index contributed by atoms with van der Waals surface area (Å²) in [5.74, 6) is 0.564. The second-order valence-corrected chi connectivity index (χ2v) is 21.7. The van der Waals surface area contributed by atoms with Gasteiger partial charge < -0.3 is 27.2 Å². The Morgan fingerprint density at radius 3 is 2.05 bits per heavy atom. The van der Waals surface area contributed by atoms with Crippen molar-refractivity contribution in [3.05, 3.63) is 23.8 Å². The fourth-order valence-electron chi connectivity index (χ4n) is 5.50. The van der Waals surface area contributed by atoms with Crippen LogP contribution < -0.4 is 9.47 Å². The lowest BCUT2D eigenvalue weighted by Gasteiger charge is -2.51. The molecule has 2 saturated heterocycles. The first-order valence-corrected chi connectivity index (χ1v) is 18.5. The Bertz CT molecular complexity index is 967.